The molecule has 0 radical (unpaired) electrons. The molecule has 9 nitrogen and oxygen atoms in total. The minimum absolute atomic E-state index is 0.00482. The molecule has 0 saturated carbocycles. The highest BCUT2D eigenvalue weighted by atomic mass is 32.2. The lowest BCUT2D eigenvalue weighted by Gasteiger charge is -2.17. The summed E-state index contributed by atoms with van der Waals surface area (Å²) >= 11 is 0. The molecule has 0 saturated heterocycles. The van der Waals surface area contributed by atoms with E-state index in [2.05, 4.69) is 20.6 Å². The Balaban J connectivity index is 1.86. The van der Waals surface area contributed by atoms with Gasteiger partial charge < -0.3 is 15.5 Å². The number of carbonyl (C=O) groups excluding carboxylic acids is 2. The van der Waals surface area contributed by atoms with Gasteiger partial charge in [-0.25, -0.2) is 18.4 Å². The molecule has 0 unspecified atom stereocenters. The van der Waals surface area contributed by atoms with Gasteiger partial charge >= 0.3 is 6.18 Å². The van der Waals surface area contributed by atoms with Crippen molar-refractivity contribution in [3.8, 4) is 0 Å². The summed E-state index contributed by atoms with van der Waals surface area (Å²) in [5.74, 6) is -1.32. The third kappa shape index (κ3) is 6.16. The molecule has 3 rings (SSSR count). The molecule has 2 amide bonds. The molecule has 1 aromatic heterocycles. The largest absolute Gasteiger partial charge is 0.416 e. The molecule has 0 bridgehead atoms. The summed E-state index contributed by atoms with van der Waals surface area (Å²) in [4.78, 5) is 34.7. The van der Waals surface area contributed by atoms with Gasteiger partial charge in [-0.3, -0.25) is 9.59 Å². The van der Waals surface area contributed by atoms with Crippen molar-refractivity contribution >= 4 is 38.8 Å². The number of aryl methyl sites for hydroxylation is 1. The minimum Gasteiger partial charge on any atom is -0.362 e. The van der Waals surface area contributed by atoms with Gasteiger partial charge in [0.15, 0.2) is 0 Å². The van der Waals surface area contributed by atoms with E-state index in [9.17, 15) is 31.2 Å². The van der Waals surface area contributed by atoms with Crippen molar-refractivity contribution in [3.05, 3.63) is 70.9 Å². The Morgan fingerprint density at radius 3 is 2.31 bits per heavy atom. The van der Waals surface area contributed by atoms with E-state index in [1.807, 2.05) is 0 Å². The van der Waals surface area contributed by atoms with Gasteiger partial charge in [-0.1, -0.05) is 12.1 Å². The zero-order chi connectivity index (χ0) is 26.8. The predicted octanol–water partition coefficient (Wildman–Crippen LogP) is 3.78. The Morgan fingerprint density at radius 1 is 1.00 bits per heavy atom. The van der Waals surface area contributed by atoms with Crippen LogP contribution in [-0.2, 0) is 16.0 Å². The number of halogens is 3. The summed E-state index contributed by atoms with van der Waals surface area (Å²) in [6, 6.07) is 8.58. The Labute approximate surface area is 205 Å². The highest BCUT2D eigenvalue weighted by Gasteiger charge is 2.31. The van der Waals surface area contributed by atoms with Crippen LogP contribution in [0.25, 0.3) is 0 Å². The smallest absolute Gasteiger partial charge is 0.362 e. The Kier molecular flexibility index (Phi) is 7.34. The van der Waals surface area contributed by atoms with E-state index in [-0.39, 0.29) is 22.6 Å². The van der Waals surface area contributed by atoms with Crippen molar-refractivity contribution in [1.82, 2.24) is 9.97 Å². The number of aromatic nitrogens is 2. The van der Waals surface area contributed by atoms with E-state index < -0.39 is 38.5 Å². The number of rotatable bonds is 6. The monoisotopic (exact) mass is 521 g/mol. The van der Waals surface area contributed by atoms with E-state index in [0.29, 0.717) is 11.3 Å². The molecule has 0 aliphatic heterocycles. The maximum Gasteiger partial charge on any atom is 0.416 e. The number of nitrogens with one attached hydrogen (secondary N) is 2. The van der Waals surface area contributed by atoms with Gasteiger partial charge in [0.1, 0.15) is 11.4 Å². The quantitative estimate of drug-likeness (QED) is 0.474. The van der Waals surface area contributed by atoms with Crippen LogP contribution >= 0.6 is 0 Å². The van der Waals surface area contributed by atoms with E-state index in [4.69, 9.17) is 0 Å². The maximum atomic E-state index is 13.0. The number of benzene rings is 2. The molecular weight excluding hydrogens is 499 g/mol. The van der Waals surface area contributed by atoms with Crippen molar-refractivity contribution in [2.24, 2.45) is 0 Å². The number of hydrogen-bond acceptors (Lipinski definition) is 7. The van der Waals surface area contributed by atoms with E-state index in [1.54, 1.807) is 27.1 Å². The van der Waals surface area contributed by atoms with Crippen LogP contribution in [0, 0.1) is 6.92 Å². The fourth-order valence-corrected chi connectivity index (χ4v) is 3.60. The molecule has 1 heterocycles. The Morgan fingerprint density at radius 2 is 1.69 bits per heavy atom. The fraction of sp³-hybridized carbons (Fsp3) is 0.217. The van der Waals surface area contributed by atoms with Crippen molar-refractivity contribution in [1.29, 1.82) is 0 Å². The second-order valence-electron chi connectivity index (χ2n) is 8.07. The molecule has 3 aromatic rings. The third-order valence-electron chi connectivity index (χ3n) is 4.94. The van der Waals surface area contributed by atoms with Crippen LogP contribution in [0.4, 0.5) is 30.4 Å². The molecule has 0 fully saturated rings. The Bertz CT molecular complexity index is 1440. The second kappa shape index (κ2) is 9.93. The first-order chi connectivity index (χ1) is 16.7. The number of anilines is 3. The van der Waals surface area contributed by atoms with Gasteiger partial charge in [-0.15, -0.1) is 0 Å². The summed E-state index contributed by atoms with van der Waals surface area (Å²) in [5, 5.41) is 4.75. The lowest BCUT2D eigenvalue weighted by molar-refractivity contribution is -0.137. The first-order valence-corrected chi connectivity index (χ1v) is 12.2. The van der Waals surface area contributed by atoms with Crippen molar-refractivity contribution in [3.63, 3.8) is 0 Å². The van der Waals surface area contributed by atoms with Crippen LogP contribution in [0.1, 0.15) is 31.8 Å². The van der Waals surface area contributed by atoms with Gasteiger partial charge in [0.05, 0.1) is 5.56 Å². The molecule has 0 aliphatic rings. The summed E-state index contributed by atoms with van der Waals surface area (Å²) in [6.07, 6.45) is -2.54. The molecule has 2 N–H and O–H groups in total. The second-order valence-corrected chi connectivity index (χ2v) is 9.98. The zero-order valence-corrected chi connectivity index (χ0v) is 20.5. The molecule has 36 heavy (non-hydrogen) atoms. The fourth-order valence-electron chi connectivity index (χ4n) is 3.10. The predicted molar refractivity (Wildman–Crippen MR) is 128 cm³/mol. The number of nitrogens with zero attached hydrogens (tertiary/aromatic N) is 3. The summed E-state index contributed by atoms with van der Waals surface area (Å²) < 4.78 is 62.5. The van der Waals surface area contributed by atoms with Gasteiger partial charge in [0.25, 0.3) is 11.8 Å². The Hall–Kier alpha value is -4.00. The molecule has 0 atom stereocenters. The van der Waals surface area contributed by atoms with E-state index in [0.717, 1.165) is 30.7 Å². The van der Waals surface area contributed by atoms with E-state index >= 15 is 0 Å². The van der Waals surface area contributed by atoms with Crippen LogP contribution in [0.2, 0.25) is 0 Å². The average Bonchev–Trinajstić information content (AvgIpc) is 2.79. The van der Waals surface area contributed by atoms with Crippen LogP contribution in [-0.4, -0.2) is 50.6 Å². The van der Waals surface area contributed by atoms with Crippen molar-refractivity contribution < 1.29 is 31.2 Å². The van der Waals surface area contributed by atoms with Crippen LogP contribution < -0.4 is 15.5 Å². The lowest BCUT2D eigenvalue weighted by atomic mass is 10.1. The number of hydrogen-bond donors (Lipinski definition) is 2. The molecular formula is C23H22F3N5O4S. The standard InChI is InChI=1S/C23H22F3N5O4S/c1-13-8-9-16(28-20(32)14-6-5-7-15(10-14)23(24,25)26)11-18(13)29-21(33)17-12-27-22(36(4,34)35)30-19(17)31(2)3/h5-12H,1-4H3,(H,28,32)(H,29,33). The summed E-state index contributed by atoms with van der Waals surface area (Å²) in [6.45, 7) is 1.70. The highest BCUT2D eigenvalue weighted by Crippen LogP contribution is 2.30. The first-order valence-electron chi connectivity index (χ1n) is 10.3. The number of amides is 2. The maximum absolute atomic E-state index is 13.0. The molecule has 190 valence electrons. The van der Waals surface area contributed by atoms with Crippen molar-refractivity contribution in [2.45, 2.75) is 18.3 Å². The molecule has 0 spiro atoms. The summed E-state index contributed by atoms with van der Waals surface area (Å²) in [5.41, 5.74) is 0.0294. The third-order valence-corrected chi connectivity index (χ3v) is 5.80. The normalized spacial score (nSPS) is 11.6. The molecule has 13 heteroatoms. The molecule has 2 aromatic carbocycles. The molecule has 0 aliphatic carbocycles. The zero-order valence-electron chi connectivity index (χ0n) is 19.6. The van der Waals surface area contributed by atoms with Gasteiger partial charge in [0.2, 0.25) is 15.0 Å². The van der Waals surface area contributed by atoms with Crippen LogP contribution in [0.5, 0.6) is 0 Å². The number of alkyl halides is 3. The van der Waals surface area contributed by atoms with E-state index in [1.165, 1.54) is 23.1 Å². The van der Waals surface area contributed by atoms with Gasteiger partial charge in [-0.2, -0.15) is 13.2 Å². The average molecular weight is 522 g/mol. The SMILES string of the molecule is Cc1ccc(NC(=O)c2cccc(C(F)(F)F)c2)cc1NC(=O)c1cnc(S(C)(=O)=O)nc1N(C)C. The highest BCUT2D eigenvalue weighted by molar-refractivity contribution is 7.90. The topological polar surface area (TPSA) is 121 Å². The summed E-state index contributed by atoms with van der Waals surface area (Å²) in [7, 11) is -0.534. The van der Waals surface area contributed by atoms with Gasteiger partial charge in [0, 0.05) is 43.5 Å². The van der Waals surface area contributed by atoms with Crippen LogP contribution in [0.3, 0.4) is 0 Å². The minimum atomic E-state index is -4.59. The first kappa shape index (κ1) is 26.6. The van der Waals surface area contributed by atoms with Gasteiger partial charge in [-0.05, 0) is 42.8 Å². The number of sulfone groups is 1. The van der Waals surface area contributed by atoms with Crippen molar-refractivity contribution in [2.75, 3.05) is 35.9 Å². The lowest BCUT2D eigenvalue weighted by Crippen LogP contribution is -2.22. The van der Waals surface area contributed by atoms with Crippen LogP contribution in [0.15, 0.2) is 53.8 Å². The number of carbonyl (C=O) groups is 2.